The van der Waals surface area contributed by atoms with Crippen LogP contribution < -0.4 is 9.80 Å². The Balaban J connectivity index is 1.58. The van der Waals surface area contributed by atoms with Crippen LogP contribution in [0.15, 0.2) is 30.3 Å². The monoisotopic (exact) mass is 398 g/mol. The zero-order valence-electron chi connectivity index (χ0n) is 18.4. The number of hydrogen-bond donors (Lipinski definition) is 2. The van der Waals surface area contributed by atoms with Crippen LogP contribution in [0.5, 0.6) is 0 Å². The Labute approximate surface area is 175 Å². The van der Waals surface area contributed by atoms with Crippen molar-refractivity contribution in [3.63, 3.8) is 0 Å². The molecule has 2 heterocycles. The van der Waals surface area contributed by atoms with Gasteiger partial charge in [0.05, 0.1) is 11.6 Å². The van der Waals surface area contributed by atoms with Gasteiger partial charge in [-0.05, 0) is 56.4 Å². The molecule has 29 heavy (non-hydrogen) atoms. The van der Waals surface area contributed by atoms with Crippen molar-refractivity contribution in [1.29, 1.82) is 0 Å². The van der Waals surface area contributed by atoms with Gasteiger partial charge in [-0.15, -0.1) is 5.10 Å². The molecule has 1 aliphatic heterocycles. The second-order valence-corrected chi connectivity index (χ2v) is 9.61. The summed E-state index contributed by atoms with van der Waals surface area (Å²) >= 11 is 0. The average molecular weight is 399 g/mol. The second kappa shape index (κ2) is 8.92. The maximum atomic E-state index is 4.57. The smallest absolute Gasteiger partial charge is 0.214 e. The summed E-state index contributed by atoms with van der Waals surface area (Å²) in [6.45, 7) is 11.6. The van der Waals surface area contributed by atoms with Crippen LogP contribution in [-0.4, -0.2) is 52.4 Å². The van der Waals surface area contributed by atoms with Crippen molar-refractivity contribution in [2.75, 3.05) is 26.2 Å². The zero-order chi connectivity index (χ0) is 20.3. The van der Waals surface area contributed by atoms with E-state index in [0.29, 0.717) is 0 Å². The van der Waals surface area contributed by atoms with Gasteiger partial charge in [0, 0.05) is 5.56 Å². The SMILES string of the molecule is CCC(C)(C)n1nnnc1[C@H](c1ccccc1)[NH+]1CC[NH+](C2CCCCC2)CC1. The van der Waals surface area contributed by atoms with Crippen LogP contribution in [0.1, 0.15) is 76.7 Å². The lowest BCUT2D eigenvalue weighted by atomic mass is 9.93. The summed E-state index contributed by atoms with van der Waals surface area (Å²) < 4.78 is 2.08. The number of benzene rings is 1. The highest BCUT2D eigenvalue weighted by molar-refractivity contribution is 5.22. The molecule has 2 aliphatic rings. The average Bonchev–Trinajstić information content (AvgIpc) is 3.26. The molecule has 1 aliphatic carbocycles. The molecule has 2 N–H and O–H groups in total. The number of hydrogen-bond acceptors (Lipinski definition) is 3. The van der Waals surface area contributed by atoms with Gasteiger partial charge in [0.1, 0.15) is 26.2 Å². The summed E-state index contributed by atoms with van der Waals surface area (Å²) in [6, 6.07) is 12.0. The molecule has 1 saturated heterocycles. The van der Waals surface area contributed by atoms with Gasteiger partial charge in [-0.1, -0.05) is 43.7 Å². The highest BCUT2D eigenvalue weighted by atomic mass is 15.6. The second-order valence-electron chi connectivity index (χ2n) is 9.61. The van der Waals surface area contributed by atoms with Gasteiger partial charge in [-0.2, -0.15) is 0 Å². The molecule has 4 rings (SSSR count). The molecule has 0 radical (unpaired) electrons. The lowest BCUT2D eigenvalue weighted by molar-refractivity contribution is -1.03. The highest BCUT2D eigenvalue weighted by Gasteiger charge is 2.39. The van der Waals surface area contributed by atoms with Gasteiger partial charge in [0.2, 0.25) is 5.82 Å². The van der Waals surface area contributed by atoms with E-state index < -0.39 is 0 Å². The van der Waals surface area contributed by atoms with E-state index in [1.165, 1.54) is 63.8 Å². The minimum atomic E-state index is -0.0829. The van der Waals surface area contributed by atoms with Crippen LogP contribution in [0.2, 0.25) is 0 Å². The van der Waals surface area contributed by atoms with Crippen molar-refractivity contribution >= 4 is 0 Å². The molecule has 158 valence electrons. The van der Waals surface area contributed by atoms with Gasteiger partial charge < -0.3 is 9.80 Å². The lowest BCUT2D eigenvalue weighted by Crippen LogP contribution is -3.29. The van der Waals surface area contributed by atoms with E-state index >= 15 is 0 Å². The van der Waals surface area contributed by atoms with Crippen LogP contribution in [0.25, 0.3) is 0 Å². The third kappa shape index (κ3) is 4.38. The Hall–Kier alpha value is -1.79. The fourth-order valence-corrected chi connectivity index (χ4v) is 5.27. The zero-order valence-corrected chi connectivity index (χ0v) is 18.4. The third-order valence-electron chi connectivity index (χ3n) is 7.45. The molecule has 0 unspecified atom stereocenters. The minimum Gasteiger partial charge on any atom is -0.323 e. The van der Waals surface area contributed by atoms with E-state index in [-0.39, 0.29) is 11.6 Å². The lowest BCUT2D eigenvalue weighted by Gasteiger charge is -2.39. The van der Waals surface area contributed by atoms with Gasteiger partial charge in [0.25, 0.3) is 0 Å². The largest absolute Gasteiger partial charge is 0.323 e. The van der Waals surface area contributed by atoms with E-state index in [0.717, 1.165) is 18.3 Å². The summed E-state index contributed by atoms with van der Waals surface area (Å²) in [5.41, 5.74) is 1.24. The van der Waals surface area contributed by atoms with E-state index in [1.54, 1.807) is 4.90 Å². The molecule has 1 aromatic heterocycles. The van der Waals surface area contributed by atoms with Gasteiger partial charge >= 0.3 is 0 Å². The van der Waals surface area contributed by atoms with E-state index in [2.05, 4.69) is 71.3 Å². The molecule has 0 amide bonds. The minimum absolute atomic E-state index is 0.0829. The van der Waals surface area contributed by atoms with Crippen molar-refractivity contribution in [3.8, 4) is 0 Å². The Morgan fingerprint density at radius 1 is 1.03 bits per heavy atom. The fraction of sp³-hybridized carbons (Fsp3) is 0.696. The van der Waals surface area contributed by atoms with E-state index in [9.17, 15) is 0 Å². The molecule has 6 nitrogen and oxygen atoms in total. The molecule has 6 heteroatoms. The number of rotatable bonds is 6. The van der Waals surface area contributed by atoms with Crippen LogP contribution in [-0.2, 0) is 5.54 Å². The number of nitrogens with one attached hydrogen (secondary N) is 2. The van der Waals surface area contributed by atoms with Crippen LogP contribution in [0.4, 0.5) is 0 Å². The third-order valence-corrected chi connectivity index (χ3v) is 7.45. The van der Waals surface area contributed by atoms with Crippen molar-refractivity contribution in [2.24, 2.45) is 0 Å². The summed E-state index contributed by atoms with van der Waals surface area (Å²) in [5.74, 6) is 1.01. The number of aromatic nitrogens is 4. The Bertz CT molecular complexity index is 757. The summed E-state index contributed by atoms with van der Waals surface area (Å²) in [7, 11) is 0. The van der Waals surface area contributed by atoms with Gasteiger partial charge in [0.15, 0.2) is 6.04 Å². The van der Waals surface area contributed by atoms with Crippen molar-refractivity contribution in [3.05, 3.63) is 41.7 Å². The van der Waals surface area contributed by atoms with Gasteiger partial charge in [-0.25, -0.2) is 4.68 Å². The Morgan fingerprint density at radius 3 is 2.38 bits per heavy atom. The molecule has 2 fully saturated rings. The first-order valence-corrected chi connectivity index (χ1v) is 11.6. The number of quaternary nitrogens is 2. The predicted molar refractivity (Wildman–Crippen MR) is 114 cm³/mol. The van der Waals surface area contributed by atoms with Crippen molar-refractivity contribution < 1.29 is 9.80 Å². The predicted octanol–water partition coefficient (Wildman–Crippen LogP) is 1.02. The van der Waals surface area contributed by atoms with E-state index in [1.807, 2.05) is 4.90 Å². The number of nitrogens with zero attached hydrogens (tertiary/aromatic N) is 4. The normalized spacial score (nSPS) is 25.1. The first-order valence-electron chi connectivity index (χ1n) is 11.6. The molecular weight excluding hydrogens is 360 g/mol. The Morgan fingerprint density at radius 2 is 1.72 bits per heavy atom. The molecular formula is C23H38N6+2. The first-order chi connectivity index (χ1) is 14.1. The first kappa shape index (κ1) is 20.5. The summed E-state index contributed by atoms with van der Waals surface area (Å²) in [5, 5.41) is 13.1. The van der Waals surface area contributed by atoms with Crippen molar-refractivity contribution in [2.45, 2.75) is 76.9 Å². The molecule has 1 atom stereocenters. The fourth-order valence-electron chi connectivity index (χ4n) is 5.27. The topological polar surface area (TPSA) is 52.5 Å². The molecule has 0 spiro atoms. The highest BCUT2D eigenvalue weighted by Crippen LogP contribution is 2.24. The molecule has 1 aromatic carbocycles. The maximum Gasteiger partial charge on any atom is 0.214 e. The van der Waals surface area contributed by atoms with Crippen molar-refractivity contribution in [1.82, 2.24) is 20.2 Å². The molecule has 1 saturated carbocycles. The van der Waals surface area contributed by atoms with Crippen LogP contribution in [0, 0.1) is 0 Å². The number of piperazine rings is 1. The molecule has 0 bridgehead atoms. The van der Waals surface area contributed by atoms with Crippen LogP contribution in [0.3, 0.4) is 0 Å². The quantitative estimate of drug-likeness (QED) is 0.764. The summed E-state index contributed by atoms with van der Waals surface area (Å²) in [6.07, 6.45) is 8.15. The van der Waals surface area contributed by atoms with Crippen LogP contribution >= 0.6 is 0 Å². The van der Waals surface area contributed by atoms with Gasteiger partial charge in [-0.3, -0.25) is 0 Å². The summed E-state index contributed by atoms with van der Waals surface area (Å²) in [4.78, 5) is 3.45. The van der Waals surface area contributed by atoms with E-state index in [4.69, 9.17) is 0 Å². The standard InChI is InChI=1S/C23H36N6/c1-4-23(2,3)29-22(24-25-26-29)21(19-11-7-5-8-12-19)28-17-15-27(16-18-28)20-13-9-6-10-14-20/h5,7-8,11-12,20-21H,4,6,9-10,13-18H2,1-3H3/p+2/t21-/m0/s1. The Kier molecular flexibility index (Phi) is 6.30. The molecule has 2 aromatic rings. The maximum absolute atomic E-state index is 4.57. The number of tetrazole rings is 1.